The van der Waals surface area contributed by atoms with Crippen LogP contribution < -0.4 is 5.43 Å². The summed E-state index contributed by atoms with van der Waals surface area (Å²) in [5, 5.41) is 22.8. The van der Waals surface area contributed by atoms with Gasteiger partial charge in [-0.1, -0.05) is 12.1 Å². The molecule has 0 radical (unpaired) electrons. The number of hydrogen-bond acceptors (Lipinski definition) is 3. The van der Waals surface area contributed by atoms with Crippen LogP contribution in [0.1, 0.15) is 0 Å². The van der Waals surface area contributed by atoms with E-state index in [2.05, 4.69) is 10.6 Å². The number of nitrogens with one attached hydrogen (secondary N) is 1. The van der Waals surface area contributed by atoms with Crippen LogP contribution in [0.15, 0.2) is 29.5 Å². The Kier molecular flexibility index (Phi) is 2.47. The molecule has 5 heteroatoms. The van der Waals surface area contributed by atoms with Gasteiger partial charge >= 0.3 is 0 Å². The molecule has 64 valence electrons. The number of rotatable bonds is 2. The fraction of sp³-hybridized carbons (Fsp3) is 0.143. The molecule has 1 aromatic rings. The summed E-state index contributed by atoms with van der Waals surface area (Å²) >= 11 is 0. The first-order valence-electron chi connectivity index (χ1n) is 3.35. The highest BCUT2D eigenvalue weighted by Crippen LogP contribution is 2.20. The quantitative estimate of drug-likeness (QED) is 0.302. The molecule has 1 rings (SSSR count). The number of nitrogens with zero attached hydrogens (tertiary/aromatic N) is 2. The minimum absolute atomic E-state index is 0.0584. The van der Waals surface area contributed by atoms with Gasteiger partial charge in [0.15, 0.2) is 11.4 Å². The van der Waals surface area contributed by atoms with Crippen molar-refractivity contribution in [1.29, 1.82) is 0 Å². The summed E-state index contributed by atoms with van der Waals surface area (Å²) in [5.41, 5.74) is 2.80. The van der Waals surface area contributed by atoms with Gasteiger partial charge in [0.05, 0.1) is 5.22 Å². The summed E-state index contributed by atoms with van der Waals surface area (Å²) < 4.78 is 0. The third kappa shape index (κ3) is 2.12. The van der Waals surface area contributed by atoms with Crippen molar-refractivity contribution in [3.8, 4) is 5.75 Å². The molecule has 2 N–H and O–H groups in total. The Hall–Kier alpha value is -1.78. The third-order valence-corrected chi connectivity index (χ3v) is 1.22. The smallest absolute Gasteiger partial charge is 0.188 e. The van der Waals surface area contributed by atoms with Crippen molar-refractivity contribution in [1.82, 2.24) is 0 Å². The first-order valence-corrected chi connectivity index (χ1v) is 3.35. The van der Waals surface area contributed by atoms with E-state index < -0.39 is 0 Å². The fourth-order valence-electron chi connectivity index (χ4n) is 0.692. The molecule has 0 aliphatic rings. The average Bonchev–Trinajstić information content (AvgIpc) is 2.03. The second-order valence-electron chi connectivity index (χ2n) is 2.19. The number of benzene rings is 1. The molecule has 0 unspecified atom stereocenters. The Balaban J connectivity index is 2.76. The Labute approximate surface area is 69.5 Å². The van der Waals surface area contributed by atoms with Gasteiger partial charge in [-0.2, -0.15) is 4.86 Å². The normalized spacial score (nSPS) is 11.2. The molecular formula is C7H9N3O2. The molecule has 0 aliphatic carbocycles. The van der Waals surface area contributed by atoms with Crippen LogP contribution in [-0.2, 0) is 0 Å². The van der Waals surface area contributed by atoms with Gasteiger partial charge in [0.1, 0.15) is 7.05 Å². The number of anilines is 1. The van der Waals surface area contributed by atoms with Crippen LogP contribution in [0.25, 0.3) is 0 Å². The maximum Gasteiger partial charge on any atom is 0.188 e. The monoisotopic (exact) mass is 167 g/mol. The van der Waals surface area contributed by atoms with Gasteiger partial charge in [0, 0.05) is 0 Å². The lowest BCUT2D eigenvalue weighted by molar-refractivity contribution is -0.497. The molecule has 0 bridgehead atoms. The Morgan fingerprint density at radius 1 is 1.50 bits per heavy atom. The average molecular weight is 167 g/mol. The number of phenols is 1. The van der Waals surface area contributed by atoms with E-state index in [9.17, 15) is 10.3 Å². The Morgan fingerprint density at radius 2 is 2.17 bits per heavy atom. The van der Waals surface area contributed by atoms with Crippen LogP contribution in [0.3, 0.4) is 0 Å². The molecule has 12 heavy (non-hydrogen) atoms. The van der Waals surface area contributed by atoms with Gasteiger partial charge in [-0.15, -0.1) is 5.43 Å². The summed E-state index contributed by atoms with van der Waals surface area (Å²) in [7, 11) is 1.24. The maximum atomic E-state index is 10.3. The zero-order valence-corrected chi connectivity index (χ0v) is 6.56. The van der Waals surface area contributed by atoms with Crippen LogP contribution in [0.5, 0.6) is 5.75 Å². The lowest BCUT2D eigenvalue weighted by Gasteiger charge is -1.98. The van der Waals surface area contributed by atoms with Crippen LogP contribution in [0.2, 0.25) is 0 Å². The van der Waals surface area contributed by atoms with E-state index >= 15 is 0 Å². The molecule has 0 saturated carbocycles. The SMILES string of the molecule is C[N+]([O-])=NNc1ccccc1O. The first-order chi connectivity index (χ1) is 5.70. The van der Waals surface area contributed by atoms with E-state index in [4.69, 9.17) is 0 Å². The van der Waals surface area contributed by atoms with Gasteiger partial charge in [-0.3, -0.25) is 0 Å². The van der Waals surface area contributed by atoms with Crippen LogP contribution in [0.4, 0.5) is 5.69 Å². The lowest BCUT2D eigenvalue weighted by atomic mass is 10.3. The topological polar surface area (TPSA) is 70.7 Å². The Bertz CT molecular complexity index is 294. The third-order valence-electron chi connectivity index (χ3n) is 1.22. The lowest BCUT2D eigenvalue weighted by Crippen LogP contribution is -1.96. The van der Waals surface area contributed by atoms with Gasteiger partial charge in [0.2, 0.25) is 0 Å². The van der Waals surface area contributed by atoms with E-state index in [1.807, 2.05) is 0 Å². The van der Waals surface area contributed by atoms with Gasteiger partial charge in [-0.05, 0) is 12.1 Å². The highest BCUT2D eigenvalue weighted by Gasteiger charge is 2.00. The van der Waals surface area contributed by atoms with E-state index in [0.29, 0.717) is 10.5 Å². The van der Waals surface area contributed by atoms with Crippen LogP contribution in [0, 0.1) is 5.21 Å². The molecule has 0 spiro atoms. The summed E-state index contributed by atoms with van der Waals surface area (Å²) in [6.07, 6.45) is 0. The van der Waals surface area contributed by atoms with Crippen molar-refractivity contribution in [3.05, 3.63) is 29.5 Å². The molecule has 0 aliphatic heterocycles. The van der Waals surface area contributed by atoms with Crippen molar-refractivity contribution >= 4 is 5.69 Å². The zero-order chi connectivity index (χ0) is 8.97. The van der Waals surface area contributed by atoms with Crippen LogP contribution >= 0.6 is 0 Å². The van der Waals surface area contributed by atoms with Gasteiger partial charge in [0.25, 0.3) is 0 Å². The predicted octanol–water partition coefficient (Wildman–Crippen LogP) is 1.31. The largest absolute Gasteiger partial charge is 0.696 e. The van der Waals surface area contributed by atoms with E-state index in [0.717, 1.165) is 0 Å². The number of para-hydroxylation sites is 2. The highest BCUT2D eigenvalue weighted by atomic mass is 16.5. The highest BCUT2D eigenvalue weighted by molar-refractivity contribution is 5.54. The second-order valence-corrected chi connectivity index (χ2v) is 2.19. The van der Waals surface area contributed by atoms with Crippen molar-refractivity contribution in [3.63, 3.8) is 0 Å². The molecule has 5 nitrogen and oxygen atoms in total. The number of phenolic OH excluding ortho intramolecular Hbond substituents is 1. The van der Waals surface area contributed by atoms with Crippen molar-refractivity contribution in [2.75, 3.05) is 12.5 Å². The molecule has 0 fully saturated rings. The molecular weight excluding hydrogens is 158 g/mol. The molecule has 0 atom stereocenters. The molecule has 0 heterocycles. The second kappa shape index (κ2) is 3.56. The minimum atomic E-state index is 0.0584. The number of aromatic hydroxyl groups is 1. The molecule has 0 amide bonds. The van der Waals surface area contributed by atoms with E-state index in [-0.39, 0.29) is 5.75 Å². The zero-order valence-electron chi connectivity index (χ0n) is 6.56. The summed E-state index contributed by atoms with van der Waals surface area (Å²) in [5.74, 6) is 0.0584. The number of hydroxylamine groups is 1. The first kappa shape index (κ1) is 8.32. The summed E-state index contributed by atoms with van der Waals surface area (Å²) in [6.45, 7) is 0. The minimum Gasteiger partial charge on any atom is -0.696 e. The van der Waals surface area contributed by atoms with Crippen LogP contribution in [-0.4, -0.2) is 17.0 Å². The van der Waals surface area contributed by atoms with E-state index in [1.54, 1.807) is 18.2 Å². The maximum absolute atomic E-state index is 10.3. The summed E-state index contributed by atoms with van der Waals surface area (Å²) in [6, 6.07) is 6.52. The fourth-order valence-corrected chi connectivity index (χ4v) is 0.692. The van der Waals surface area contributed by atoms with E-state index in [1.165, 1.54) is 13.1 Å². The van der Waals surface area contributed by atoms with Crippen molar-refractivity contribution < 1.29 is 9.97 Å². The predicted molar refractivity (Wildman–Crippen MR) is 43.7 cm³/mol. The summed E-state index contributed by atoms with van der Waals surface area (Å²) in [4.78, 5) is 0.367. The van der Waals surface area contributed by atoms with Crippen molar-refractivity contribution in [2.45, 2.75) is 0 Å². The molecule has 1 aromatic carbocycles. The van der Waals surface area contributed by atoms with Gasteiger partial charge in [-0.25, -0.2) is 0 Å². The Morgan fingerprint density at radius 3 is 2.75 bits per heavy atom. The number of hydrogen-bond donors (Lipinski definition) is 2. The molecule has 0 aromatic heterocycles. The molecule has 0 saturated heterocycles. The standard InChI is InChI=1S/C7H9N3O2/c1-10(12)9-8-6-4-2-3-5-7(6)11/h2-5,8,11H,1H3. The van der Waals surface area contributed by atoms with Crippen molar-refractivity contribution in [2.24, 2.45) is 5.22 Å². The van der Waals surface area contributed by atoms with Gasteiger partial charge < -0.3 is 10.3 Å².